The largest absolute Gasteiger partial charge is 0.490 e. The van der Waals surface area contributed by atoms with Crippen LogP contribution in [0.1, 0.15) is 74.4 Å². The van der Waals surface area contributed by atoms with Gasteiger partial charge >= 0.3 is 0 Å². The minimum atomic E-state index is -4.00. The molecule has 1 amide bonds. The Morgan fingerprint density at radius 2 is 1.94 bits per heavy atom. The summed E-state index contributed by atoms with van der Waals surface area (Å²) in [6, 6.07) is 11.3. The molecular weight excluding hydrogens is 650 g/mol. The number of halogens is 1. The van der Waals surface area contributed by atoms with Gasteiger partial charge in [-0.15, -0.1) is 0 Å². The van der Waals surface area contributed by atoms with Gasteiger partial charge in [-0.2, -0.15) is 0 Å². The van der Waals surface area contributed by atoms with E-state index in [1.54, 1.807) is 25.1 Å². The van der Waals surface area contributed by atoms with E-state index >= 15 is 0 Å². The number of aliphatic hydroxyl groups is 2. The smallest absolute Gasteiger partial charge is 0.264 e. The number of amides is 1. The average molecular weight is 700 g/mol. The van der Waals surface area contributed by atoms with Crippen LogP contribution in [0.3, 0.4) is 0 Å². The van der Waals surface area contributed by atoms with Gasteiger partial charge in [-0.3, -0.25) is 4.79 Å². The molecule has 11 heteroatoms. The van der Waals surface area contributed by atoms with E-state index in [4.69, 9.17) is 16.3 Å². The summed E-state index contributed by atoms with van der Waals surface area (Å²) in [6.45, 7) is 8.15. The van der Waals surface area contributed by atoms with E-state index in [1.807, 2.05) is 37.1 Å². The fourth-order valence-electron chi connectivity index (χ4n) is 8.72. The SMILES string of the molecule is C[C@@H]1[C@@H](C)C/C=C/[C@](O)(CN(C)CCO)[C@@H]2CCC2(C)CN2C[C@@]3(CCCc4cc(Cl)ccc43)COc3ccc(cc32)C(=O)NS1(=O)=O. The Morgan fingerprint density at radius 1 is 1.15 bits per heavy atom. The van der Waals surface area contributed by atoms with Gasteiger partial charge < -0.3 is 24.7 Å². The number of allylic oxidation sites excluding steroid dienone is 1. The number of benzene rings is 2. The van der Waals surface area contributed by atoms with Gasteiger partial charge in [0.1, 0.15) is 5.75 Å². The molecule has 1 fully saturated rings. The van der Waals surface area contributed by atoms with Crippen LogP contribution in [0.5, 0.6) is 5.75 Å². The molecule has 1 unspecified atom stereocenters. The van der Waals surface area contributed by atoms with Gasteiger partial charge in [0, 0.05) is 42.2 Å². The third-order valence-corrected chi connectivity index (χ3v) is 13.9. The first-order chi connectivity index (χ1) is 22.7. The molecule has 0 radical (unpaired) electrons. The second-order valence-corrected chi connectivity index (χ2v) is 17.7. The van der Waals surface area contributed by atoms with Crippen LogP contribution in [-0.4, -0.2) is 86.7 Å². The molecule has 2 heterocycles. The second kappa shape index (κ2) is 13.2. The normalized spacial score (nSPS) is 33.9. The number of likely N-dealkylation sites (N-methyl/N-ethyl adjacent to an activating group) is 1. The number of ether oxygens (including phenoxy) is 1. The lowest BCUT2D eigenvalue weighted by atomic mass is 9.54. The average Bonchev–Trinajstić information content (AvgIpc) is 3.16. The number of aryl methyl sites for hydroxylation is 1. The molecule has 2 aromatic carbocycles. The van der Waals surface area contributed by atoms with E-state index in [0.717, 1.165) is 37.8 Å². The summed E-state index contributed by atoms with van der Waals surface area (Å²) in [5.74, 6) is -0.427. The van der Waals surface area contributed by atoms with Crippen molar-refractivity contribution in [3.8, 4) is 5.75 Å². The van der Waals surface area contributed by atoms with Crippen molar-refractivity contribution in [2.75, 3.05) is 51.3 Å². The first-order valence-electron chi connectivity index (χ1n) is 17.2. The molecule has 4 aliphatic rings. The molecule has 6 rings (SSSR count). The Bertz CT molecular complexity index is 1680. The van der Waals surface area contributed by atoms with Crippen LogP contribution in [0.25, 0.3) is 0 Å². The van der Waals surface area contributed by atoms with Crippen molar-refractivity contribution in [1.82, 2.24) is 9.62 Å². The van der Waals surface area contributed by atoms with Crippen LogP contribution in [0.2, 0.25) is 5.02 Å². The Labute approximate surface area is 290 Å². The summed E-state index contributed by atoms with van der Waals surface area (Å²) in [6.07, 6.45) is 8.78. The van der Waals surface area contributed by atoms with Crippen molar-refractivity contribution < 1.29 is 28.2 Å². The van der Waals surface area contributed by atoms with Crippen molar-refractivity contribution in [3.05, 3.63) is 70.3 Å². The van der Waals surface area contributed by atoms with Crippen LogP contribution >= 0.6 is 11.6 Å². The molecule has 6 atom stereocenters. The fourth-order valence-corrected chi connectivity index (χ4v) is 10.2. The van der Waals surface area contributed by atoms with Crippen LogP contribution < -0.4 is 14.4 Å². The molecule has 0 aromatic heterocycles. The highest BCUT2D eigenvalue weighted by atomic mass is 35.5. The zero-order valence-electron chi connectivity index (χ0n) is 28.5. The minimum Gasteiger partial charge on any atom is -0.490 e. The number of carbonyl (C=O) groups is 1. The lowest BCUT2D eigenvalue weighted by Gasteiger charge is -2.56. The predicted molar refractivity (Wildman–Crippen MR) is 189 cm³/mol. The number of fused-ring (bicyclic) bond motifs is 4. The van der Waals surface area contributed by atoms with Gasteiger partial charge in [-0.1, -0.05) is 43.7 Å². The van der Waals surface area contributed by atoms with Crippen molar-refractivity contribution in [2.24, 2.45) is 17.3 Å². The molecule has 2 bridgehead atoms. The first kappa shape index (κ1) is 35.2. The van der Waals surface area contributed by atoms with E-state index in [9.17, 15) is 23.4 Å². The van der Waals surface area contributed by atoms with E-state index in [1.165, 1.54) is 11.1 Å². The number of aliphatic hydroxyl groups excluding tert-OH is 1. The Balaban J connectivity index is 1.47. The first-order valence-corrected chi connectivity index (χ1v) is 19.2. The molecule has 1 spiro atoms. The van der Waals surface area contributed by atoms with Gasteiger partial charge in [-0.25, -0.2) is 13.1 Å². The predicted octanol–water partition coefficient (Wildman–Crippen LogP) is 4.93. The van der Waals surface area contributed by atoms with Crippen LogP contribution in [-0.2, 0) is 21.9 Å². The van der Waals surface area contributed by atoms with Gasteiger partial charge in [-0.05, 0) is 111 Å². The third-order valence-electron chi connectivity index (χ3n) is 11.7. The molecule has 262 valence electrons. The highest BCUT2D eigenvalue weighted by Crippen LogP contribution is 2.55. The van der Waals surface area contributed by atoms with Crippen molar-refractivity contribution in [2.45, 2.75) is 75.6 Å². The molecule has 2 aromatic rings. The van der Waals surface area contributed by atoms with Crippen LogP contribution in [0, 0.1) is 17.3 Å². The van der Waals surface area contributed by atoms with Crippen LogP contribution in [0.15, 0.2) is 48.6 Å². The number of anilines is 1. The molecule has 9 nitrogen and oxygen atoms in total. The quantitative estimate of drug-likeness (QED) is 0.385. The molecule has 2 aliphatic carbocycles. The summed E-state index contributed by atoms with van der Waals surface area (Å²) >= 11 is 6.45. The van der Waals surface area contributed by atoms with Gasteiger partial charge in [0.05, 0.1) is 29.8 Å². The van der Waals surface area contributed by atoms with Gasteiger partial charge in [0.25, 0.3) is 5.91 Å². The van der Waals surface area contributed by atoms with E-state index < -0.39 is 26.8 Å². The summed E-state index contributed by atoms with van der Waals surface area (Å²) in [4.78, 5) is 17.8. The molecule has 48 heavy (non-hydrogen) atoms. The highest BCUT2D eigenvalue weighted by Gasteiger charge is 2.54. The minimum absolute atomic E-state index is 0.0159. The second-order valence-electron chi connectivity index (χ2n) is 15.3. The number of nitrogens with zero attached hydrogens (tertiary/aromatic N) is 2. The number of carbonyl (C=O) groups excluding carboxylic acids is 1. The lowest BCUT2D eigenvalue weighted by Crippen LogP contribution is -2.60. The Kier molecular flexibility index (Phi) is 9.72. The Hall–Kier alpha value is -2.63. The van der Waals surface area contributed by atoms with Crippen molar-refractivity contribution >= 4 is 33.2 Å². The highest BCUT2D eigenvalue weighted by molar-refractivity contribution is 7.90. The fraction of sp³-hybridized carbons (Fsp3) is 0.595. The number of sulfonamides is 1. The number of hydrogen-bond acceptors (Lipinski definition) is 8. The van der Waals surface area contributed by atoms with E-state index in [2.05, 4.69) is 28.7 Å². The summed E-state index contributed by atoms with van der Waals surface area (Å²) in [7, 11) is -2.10. The zero-order chi connectivity index (χ0) is 34.5. The number of hydrogen-bond donors (Lipinski definition) is 3. The number of nitrogens with one attached hydrogen (secondary N) is 1. The van der Waals surface area contributed by atoms with Crippen molar-refractivity contribution in [3.63, 3.8) is 0 Å². The van der Waals surface area contributed by atoms with E-state index in [0.29, 0.717) is 50.0 Å². The van der Waals surface area contributed by atoms with Gasteiger partial charge in [0.2, 0.25) is 10.0 Å². The van der Waals surface area contributed by atoms with Crippen LogP contribution in [0.4, 0.5) is 5.69 Å². The molecule has 2 aliphatic heterocycles. The molecule has 3 N–H and O–H groups in total. The monoisotopic (exact) mass is 699 g/mol. The van der Waals surface area contributed by atoms with Gasteiger partial charge in [0.15, 0.2) is 0 Å². The summed E-state index contributed by atoms with van der Waals surface area (Å²) < 4.78 is 35.8. The molecule has 0 saturated heterocycles. The molecule has 1 saturated carbocycles. The maximum Gasteiger partial charge on any atom is 0.264 e. The summed E-state index contributed by atoms with van der Waals surface area (Å²) in [5, 5.41) is 22.0. The lowest BCUT2D eigenvalue weighted by molar-refractivity contribution is -0.105. The summed E-state index contributed by atoms with van der Waals surface area (Å²) in [5.41, 5.74) is 1.62. The Morgan fingerprint density at radius 3 is 2.67 bits per heavy atom. The maximum atomic E-state index is 13.5. The maximum absolute atomic E-state index is 13.5. The zero-order valence-corrected chi connectivity index (χ0v) is 30.1. The van der Waals surface area contributed by atoms with Crippen molar-refractivity contribution in [1.29, 1.82) is 0 Å². The van der Waals surface area contributed by atoms with E-state index in [-0.39, 0.29) is 34.8 Å². The topological polar surface area (TPSA) is 119 Å². The third kappa shape index (κ3) is 6.63. The molecular formula is C37H50ClN3O6S. The number of rotatable bonds is 4. The standard InChI is InChI=1S/C37H50ClN3O6S/c1-25-7-5-15-37(44,23-40(4)17-18-42)33-13-16-35(33,3)21-41-22-36(14-6-8-27-19-29(38)10-11-30(27)36)24-47-32-12-9-28(20-31(32)41)34(43)39-48(45,46)26(25)2/h5,9-12,15,19-20,25-26,33,42,44H,6-8,13-14,16-18,21-24H2,1-4H3,(H,39,43)/b15-5+/t25-,26+,33+,35?,36-,37-/m0/s1.